The first-order valence-electron chi connectivity index (χ1n) is 2.27. The van der Waals surface area contributed by atoms with Gasteiger partial charge in [-0.2, -0.15) is 0 Å². The number of quaternary nitrogens is 1. The van der Waals surface area contributed by atoms with Gasteiger partial charge >= 0.3 is 0 Å². The van der Waals surface area contributed by atoms with E-state index in [0.29, 0.717) is 0 Å². The third kappa shape index (κ3) is 60700. The quantitative estimate of drug-likeness (QED) is 0.331. The van der Waals surface area contributed by atoms with Crippen molar-refractivity contribution in [2.75, 3.05) is 21.1 Å². The number of nitrogens with one attached hydrogen (secondary N) is 1. The molecule has 0 aliphatic rings. The van der Waals surface area contributed by atoms with Gasteiger partial charge < -0.3 is 19.6 Å². The topological polar surface area (TPSA) is 85.0 Å². The Balaban J connectivity index is 0. The molecule has 6 heteroatoms. The van der Waals surface area contributed by atoms with Crippen LogP contribution in [-0.4, -0.2) is 30.9 Å². The largest absolute Gasteiger partial charge is 0.756 e. The smallest absolute Gasteiger partial charge is 0.262 e. The predicted octanol–water partition coefficient (Wildman–Crippen LogP) is -2.80. The molecule has 0 aliphatic carbocycles. The first-order valence-corrected chi connectivity index (χ1v) is 3.80. The molecule has 9 heavy (non-hydrogen) atoms. The minimum Gasteiger partial charge on any atom is -0.756 e. The van der Waals surface area contributed by atoms with Crippen LogP contribution in [-0.2, 0) is 4.57 Å². The third-order valence-corrected chi connectivity index (χ3v) is 0. The van der Waals surface area contributed by atoms with Crippen molar-refractivity contribution in [3.63, 3.8) is 0 Å². The molecule has 0 aromatic carbocycles. The second-order valence-corrected chi connectivity index (χ2v) is 2.97. The lowest BCUT2D eigenvalue weighted by Crippen LogP contribution is -3.02. The first kappa shape index (κ1) is 11.8. The first-order chi connectivity index (χ1) is 3.73. The fraction of sp³-hybridized carbons (Fsp3) is 1.00. The molecule has 0 aliphatic heterocycles. The minimum absolute atomic E-state index is 1.42. The van der Waals surface area contributed by atoms with Crippen molar-refractivity contribution in [2.24, 2.45) is 0 Å². The van der Waals surface area contributed by atoms with Gasteiger partial charge in [0.2, 0.25) is 0 Å². The van der Waals surface area contributed by atoms with Gasteiger partial charge in [0.25, 0.3) is 7.82 Å². The summed E-state index contributed by atoms with van der Waals surface area (Å²) in [7, 11) is 1.36. The highest BCUT2D eigenvalue weighted by Gasteiger charge is 1.82. The van der Waals surface area contributed by atoms with Crippen LogP contribution >= 0.6 is 7.82 Å². The highest BCUT2D eigenvalue weighted by atomic mass is 31.2. The number of phosphoric acid groups is 1. The molecule has 0 rings (SSSR count). The van der Waals surface area contributed by atoms with Crippen LogP contribution < -0.4 is 9.79 Å². The molecule has 0 atom stereocenters. The van der Waals surface area contributed by atoms with Crippen molar-refractivity contribution in [3.8, 4) is 0 Å². The zero-order chi connectivity index (χ0) is 8.08. The molecule has 3 N–H and O–H groups in total. The van der Waals surface area contributed by atoms with Crippen LogP contribution in [0.15, 0.2) is 0 Å². The Morgan fingerprint density at radius 2 is 1.33 bits per heavy atom. The summed E-state index contributed by atoms with van der Waals surface area (Å²) in [6.45, 7) is 0. The zero-order valence-electron chi connectivity index (χ0n) is 5.66. The Morgan fingerprint density at radius 3 is 1.33 bits per heavy atom. The van der Waals surface area contributed by atoms with Crippen molar-refractivity contribution in [1.29, 1.82) is 0 Å². The average Bonchev–Trinajstić information content (AvgIpc) is 1.19. The van der Waals surface area contributed by atoms with Crippen LogP contribution in [0.3, 0.4) is 0 Å². The molecule has 0 bridgehead atoms. The maximum atomic E-state index is 8.77. The molecule has 0 amide bonds. The van der Waals surface area contributed by atoms with E-state index in [1.807, 2.05) is 0 Å². The molecular weight excluding hydrogens is 145 g/mol. The SMILES string of the molecule is C[NH+](C)C.O=P([O-])(O)O. The Bertz CT molecular complexity index is 87.0. The third-order valence-electron chi connectivity index (χ3n) is 0. The molecule has 0 spiro atoms. The Morgan fingerprint density at radius 1 is 1.33 bits per heavy atom. The van der Waals surface area contributed by atoms with E-state index < -0.39 is 7.82 Å². The van der Waals surface area contributed by atoms with E-state index in [2.05, 4.69) is 21.1 Å². The number of hydrogen-bond acceptors (Lipinski definition) is 2. The molecule has 0 saturated carbocycles. The van der Waals surface area contributed by atoms with Crippen molar-refractivity contribution in [2.45, 2.75) is 0 Å². The molecule has 5 nitrogen and oxygen atoms in total. The van der Waals surface area contributed by atoms with E-state index in [-0.39, 0.29) is 0 Å². The van der Waals surface area contributed by atoms with E-state index in [4.69, 9.17) is 19.2 Å². The molecule has 0 aromatic rings. The van der Waals surface area contributed by atoms with Crippen LogP contribution in [0.4, 0.5) is 0 Å². The van der Waals surface area contributed by atoms with Gasteiger partial charge in [-0.25, -0.2) is 0 Å². The normalized spacial score (nSPS) is 10.6. The Hall–Kier alpha value is 0.0700. The van der Waals surface area contributed by atoms with E-state index in [0.717, 1.165) is 0 Å². The summed E-state index contributed by atoms with van der Waals surface area (Å²) in [6.07, 6.45) is 0. The van der Waals surface area contributed by atoms with Gasteiger partial charge in [-0.05, 0) is 0 Å². The van der Waals surface area contributed by atoms with Crippen molar-refractivity contribution in [3.05, 3.63) is 0 Å². The summed E-state index contributed by atoms with van der Waals surface area (Å²) in [4.78, 5) is 24.3. The average molecular weight is 157 g/mol. The monoisotopic (exact) mass is 157 g/mol. The molecule has 0 fully saturated rings. The molecule has 0 heterocycles. The second kappa shape index (κ2) is 4.90. The van der Waals surface area contributed by atoms with Crippen LogP contribution in [0.25, 0.3) is 0 Å². The van der Waals surface area contributed by atoms with E-state index >= 15 is 0 Å². The second-order valence-electron chi connectivity index (χ2n) is 1.99. The number of hydrogen-bond donors (Lipinski definition) is 3. The van der Waals surface area contributed by atoms with E-state index in [9.17, 15) is 0 Å². The molecule has 0 radical (unpaired) electrons. The Labute approximate surface area is 54.2 Å². The summed E-state index contributed by atoms with van der Waals surface area (Å²) in [6, 6.07) is 0. The van der Waals surface area contributed by atoms with Crippen LogP contribution in [0.1, 0.15) is 0 Å². The molecule has 0 aromatic heterocycles. The predicted molar refractivity (Wildman–Crippen MR) is 30.8 cm³/mol. The van der Waals surface area contributed by atoms with Gasteiger partial charge in [-0.15, -0.1) is 0 Å². The van der Waals surface area contributed by atoms with Gasteiger partial charge in [-0.1, -0.05) is 0 Å². The van der Waals surface area contributed by atoms with Crippen molar-refractivity contribution in [1.82, 2.24) is 0 Å². The van der Waals surface area contributed by atoms with E-state index in [1.54, 1.807) is 0 Å². The lowest BCUT2D eigenvalue weighted by Gasteiger charge is -2.01. The molecule has 58 valence electrons. The standard InChI is InChI=1S/C3H9N.H3O4P/c1-4(2)3;1-5(2,3)4/h1-3H3;(H3,1,2,3,4). The molecular formula is C3H12NO4P. The fourth-order valence-electron chi connectivity index (χ4n) is 0. The molecule has 0 unspecified atom stereocenters. The van der Waals surface area contributed by atoms with Gasteiger partial charge in [0.15, 0.2) is 0 Å². The maximum absolute atomic E-state index is 8.77. The van der Waals surface area contributed by atoms with E-state index in [1.165, 1.54) is 4.90 Å². The lowest BCUT2D eigenvalue weighted by molar-refractivity contribution is -0.836. The van der Waals surface area contributed by atoms with Gasteiger partial charge in [-0.3, -0.25) is 4.57 Å². The minimum atomic E-state index is -4.89. The summed E-state index contributed by atoms with van der Waals surface area (Å²) in [5, 5.41) is 0. The maximum Gasteiger partial charge on any atom is 0.262 e. The summed E-state index contributed by atoms with van der Waals surface area (Å²) in [5.74, 6) is 0. The van der Waals surface area contributed by atoms with Crippen LogP contribution in [0.2, 0.25) is 0 Å². The highest BCUT2D eigenvalue weighted by molar-refractivity contribution is 7.43. The summed E-state index contributed by atoms with van der Waals surface area (Å²) >= 11 is 0. The van der Waals surface area contributed by atoms with Gasteiger partial charge in [0.1, 0.15) is 0 Å². The van der Waals surface area contributed by atoms with Crippen LogP contribution in [0.5, 0.6) is 0 Å². The Kier molecular flexibility index (Phi) is 6.44. The van der Waals surface area contributed by atoms with Gasteiger partial charge in [0.05, 0.1) is 21.1 Å². The van der Waals surface area contributed by atoms with Gasteiger partial charge in [0, 0.05) is 0 Å². The van der Waals surface area contributed by atoms with Crippen molar-refractivity contribution >= 4 is 7.82 Å². The summed E-state index contributed by atoms with van der Waals surface area (Å²) in [5.41, 5.74) is 0. The number of rotatable bonds is 0. The zero-order valence-corrected chi connectivity index (χ0v) is 6.55. The molecule has 0 saturated heterocycles. The highest BCUT2D eigenvalue weighted by Crippen LogP contribution is 2.18. The van der Waals surface area contributed by atoms with Crippen molar-refractivity contribution < 1.29 is 24.1 Å². The van der Waals surface area contributed by atoms with Crippen LogP contribution in [0, 0.1) is 0 Å². The lowest BCUT2D eigenvalue weighted by atomic mass is 11.0. The fourth-order valence-corrected chi connectivity index (χ4v) is 0. The summed E-state index contributed by atoms with van der Waals surface area (Å²) < 4.78 is 8.77.